The van der Waals surface area contributed by atoms with E-state index in [1.54, 1.807) is 30.3 Å². The first kappa shape index (κ1) is 41.7. The van der Waals surface area contributed by atoms with Gasteiger partial charge in [0.25, 0.3) is 0 Å². The molecule has 0 saturated carbocycles. The third-order valence-corrected chi connectivity index (χ3v) is 17.8. The van der Waals surface area contributed by atoms with Crippen LogP contribution >= 0.6 is 7.14 Å². The molecule has 0 spiro atoms. The molecule has 274 valence electrons. The summed E-state index contributed by atoms with van der Waals surface area (Å²) in [6, 6.07) is 14.3. The maximum atomic E-state index is 15.4. The first-order chi connectivity index (χ1) is 23.5. The highest BCUT2D eigenvalue weighted by atomic mass is 31.2. The largest absolute Gasteiger partial charge is 0.388 e. The molecule has 0 fully saturated rings. The van der Waals surface area contributed by atoms with Crippen molar-refractivity contribution < 1.29 is 27.7 Å². The van der Waals surface area contributed by atoms with Crippen LogP contribution in [0.25, 0.3) is 0 Å². The van der Waals surface area contributed by atoms with E-state index < -0.39 is 32.0 Å². The van der Waals surface area contributed by atoms with Crippen LogP contribution in [0.1, 0.15) is 133 Å². The third-order valence-electron chi connectivity index (χ3n) is 11.2. The molecular weight excluding hydrogens is 660 g/mol. The molecule has 0 aliphatic carbocycles. The Morgan fingerprint density at radius 2 is 1.20 bits per heavy atom. The molecule has 2 atom stereocenters. The van der Waals surface area contributed by atoms with Gasteiger partial charge in [-0.05, 0) is 120 Å². The van der Waals surface area contributed by atoms with Gasteiger partial charge in [0.05, 0.1) is 12.2 Å². The van der Waals surface area contributed by atoms with Gasteiger partial charge in [-0.3, -0.25) is 9.59 Å². The molecule has 0 bridgehead atoms. The molecule has 8 heteroatoms. The zero-order valence-corrected chi connectivity index (χ0v) is 34.9. The first-order valence-corrected chi connectivity index (χ1v) is 22.4. The van der Waals surface area contributed by atoms with Crippen molar-refractivity contribution in [3.05, 3.63) is 98.6 Å². The second-order valence-electron chi connectivity index (χ2n) is 14.0. The standard InChI is InChI=1S/C42H61O6PSi/c1-14-41(15-2,16-3)48-50(13,42(17-4,18-5)46-19-6)47-28-36-30(8)27-33(11)38(34(36)12)40(44)49(45,35-23-21-20-22-24-35)39(43)37-31(9)25-29(7)26-32(37)10/h20-27H,14-19,28H2,1-13H3. The number of benzene rings is 3. The Labute approximate surface area is 303 Å². The Balaban J connectivity index is 2.25. The minimum absolute atomic E-state index is 0.197. The fourth-order valence-electron chi connectivity index (χ4n) is 7.92. The van der Waals surface area contributed by atoms with Crippen LogP contribution in [0.2, 0.25) is 6.55 Å². The van der Waals surface area contributed by atoms with Crippen LogP contribution in [-0.2, 0) is 24.8 Å². The van der Waals surface area contributed by atoms with Crippen LogP contribution < -0.4 is 5.30 Å². The summed E-state index contributed by atoms with van der Waals surface area (Å²) in [5, 5.41) is -0.348. The van der Waals surface area contributed by atoms with Crippen molar-refractivity contribution in [2.45, 2.75) is 139 Å². The van der Waals surface area contributed by atoms with Gasteiger partial charge in [-0.25, -0.2) is 0 Å². The zero-order valence-electron chi connectivity index (χ0n) is 33.0. The van der Waals surface area contributed by atoms with Crippen molar-refractivity contribution in [1.82, 2.24) is 0 Å². The highest BCUT2D eigenvalue weighted by Gasteiger charge is 2.56. The van der Waals surface area contributed by atoms with E-state index in [4.69, 9.17) is 13.6 Å². The van der Waals surface area contributed by atoms with Gasteiger partial charge in [0.1, 0.15) is 5.22 Å². The molecule has 0 heterocycles. The number of carbonyl (C=O) groups is 2. The molecule has 3 aromatic carbocycles. The zero-order chi connectivity index (χ0) is 37.7. The summed E-state index contributed by atoms with van der Waals surface area (Å²) in [5.41, 5.74) is 4.61. The summed E-state index contributed by atoms with van der Waals surface area (Å²) in [6.45, 7) is 27.0. The Hall–Kier alpha value is -2.67. The number of hydrogen-bond acceptors (Lipinski definition) is 6. The fourth-order valence-corrected chi connectivity index (χ4v) is 14.4. The molecule has 3 rings (SSSR count). The molecule has 0 aliphatic heterocycles. The van der Waals surface area contributed by atoms with Gasteiger partial charge < -0.3 is 18.2 Å². The maximum Gasteiger partial charge on any atom is 0.368 e. The lowest BCUT2D eigenvalue weighted by molar-refractivity contribution is -0.0688. The minimum Gasteiger partial charge on any atom is -0.388 e. The molecule has 0 aromatic heterocycles. The quantitative estimate of drug-likeness (QED) is 0.0961. The third kappa shape index (κ3) is 7.73. The normalized spacial score (nSPS) is 14.7. The molecule has 0 radical (unpaired) electrons. The average molecular weight is 721 g/mol. The van der Waals surface area contributed by atoms with Crippen LogP contribution in [0.15, 0.2) is 48.5 Å². The highest BCUT2D eigenvalue weighted by molar-refractivity contribution is 8.01. The summed E-state index contributed by atoms with van der Waals surface area (Å²) >= 11 is 0. The topological polar surface area (TPSA) is 78.9 Å². The van der Waals surface area contributed by atoms with Gasteiger partial charge >= 0.3 is 8.56 Å². The van der Waals surface area contributed by atoms with E-state index >= 15 is 4.57 Å². The van der Waals surface area contributed by atoms with Gasteiger partial charge in [-0.2, -0.15) is 0 Å². The first-order valence-electron chi connectivity index (χ1n) is 18.4. The molecule has 0 N–H and O–H groups in total. The molecule has 0 aliphatic rings. The molecule has 3 aromatic rings. The Kier molecular flexibility index (Phi) is 14.0. The lowest BCUT2D eigenvalue weighted by atomic mass is 9.94. The monoisotopic (exact) mass is 720 g/mol. The molecule has 6 nitrogen and oxygen atoms in total. The Morgan fingerprint density at radius 3 is 1.68 bits per heavy atom. The number of hydrogen-bond donors (Lipinski definition) is 0. The van der Waals surface area contributed by atoms with E-state index in [1.165, 1.54) is 0 Å². The predicted molar refractivity (Wildman–Crippen MR) is 210 cm³/mol. The number of ether oxygens (including phenoxy) is 1. The van der Waals surface area contributed by atoms with E-state index in [0.717, 1.165) is 48.8 Å². The highest BCUT2D eigenvalue weighted by Crippen LogP contribution is 2.53. The van der Waals surface area contributed by atoms with Gasteiger partial charge in [0.15, 0.2) is 0 Å². The molecule has 0 amide bonds. The smallest absolute Gasteiger partial charge is 0.368 e. The molecule has 0 saturated heterocycles. The molecule has 50 heavy (non-hydrogen) atoms. The van der Waals surface area contributed by atoms with E-state index in [2.05, 4.69) is 41.2 Å². The maximum absolute atomic E-state index is 15.4. The van der Waals surface area contributed by atoms with Crippen molar-refractivity contribution in [2.24, 2.45) is 0 Å². The summed E-state index contributed by atoms with van der Waals surface area (Å²) in [6.07, 6.45) is 4.04. The number of carbonyl (C=O) groups excluding carboxylic acids is 2. The second-order valence-corrected chi connectivity index (χ2v) is 19.9. The van der Waals surface area contributed by atoms with Crippen LogP contribution in [0.5, 0.6) is 0 Å². The Bertz CT molecular complexity index is 1690. The Morgan fingerprint density at radius 1 is 0.700 bits per heavy atom. The van der Waals surface area contributed by atoms with Crippen LogP contribution in [0.3, 0.4) is 0 Å². The predicted octanol–water partition coefficient (Wildman–Crippen LogP) is 10.9. The van der Waals surface area contributed by atoms with Crippen molar-refractivity contribution >= 4 is 32.1 Å². The lowest BCUT2D eigenvalue weighted by Gasteiger charge is -2.49. The van der Waals surface area contributed by atoms with Crippen LogP contribution in [0, 0.1) is 41.5 Å². The van der Waals surface area contributed by atoms with Crippen molar-refractivity contribution in [2.75, 3.05) is 6.61 Å². The summed E-state index contributed by atoms with van der Waals surface area (Å²) in [5.74, 6) is 0. The minimum atomic E-state index is -4.35. The van der Waals surface area contributed by atoms with Crippen molar-refractivity contribution in [3.8, 4) is 0 Å². The summed E-state index contributed by atoms with van der Waals surface area (Å²) in [7, 11) is -7.47. The number of aryl methyl sites for hydroxylation is 5. The van der Waals surface area contributed by atoms with Gasteiger partial charge in [0.2, 0.25) is 18.2 Å². The van der Waals surface area contributed by atoms with E-state index in [1.807, 2.05) is 66.7 Å². The number of rotatable bonds is 18. The fraction of sp³-hybridized carbons (Fsp3) is 0.524. The summed E-state index contributed by atoms with van der Waals surface area (Å²) in [4.78, 5) is 29.5. The van der Waals surface area contributed by atoms with E-state index in [0.29, 0.717) is 40.0 Å². The van der Waals surface area contributed by atoms with Crippen LogP contribution in [-0.4, -0.2) is 37.0 Å². The summed E-state index contributed by atoms with van der Waals surface area (Å²) < 4.78 is 36.3. The van der Waals surface area contributed by atoms with E-state index in [9.17, 15) is 9.59 Å². The lowest BCUT2D eigenvalue weighted by Crippen LogP contribution is -2.65. The van der Waals surface area contributed by atoms with Gasteiger partial charge in [-0.15, -0.1) is 0 Å². The molecule has 2 unspecified atom stereocenters. The second kappa shape index (κ2) is 16.8. The van der Waals surface area contributed by atoms with Crippen molar-refractivity contribution in [1.29, 1.82) is 0 Å². The van der Waals surface area contributed by atoms with Crippen molar-refractivity contribution in [3.63, 3.8) is 0 Å². The van der Waals surface area contributed by atoms with Gasteiger partial charge in [0, 0.05) is 23.0 Å². The SMILES string of the molecule is CCOC(CC)(CC)[Si](C)(OCc1c(C)cc(C)c(C(=O)P(=O)(C(=O)c2c(C)cc(C)cc2C)c2ccccc2)c1C)OC(CC)(CC)CC. The van der Waals surface area contributed by atoms with Gasteiger partial charge in [-0.1, -0.05) is 88.7 Å². The molecular formula is C42H61O6PSi. The van der Waals surface area contributed by atoms with Crippen LogP contribution in [0.4, 0.5) is 0 Å². The average Bonchev–Trinajstić information content (AvgIpc) is 3.08. The van der Waals surface area contributed by atoms with E-state index in [-0.39, 0.29) is 17.5 Å².